The van der Waals surface area contributed by atoms with E-state index in [0.717, 1.165) is 5.56 Å². The summed E-state index contributed by atoms with van der Waals surface area (Å²) in [5.74, 6) is -0.111. The third-order valence-electron chi connectivity index (χ3n) is 2.58. The number of hydrogen-bond acceptors (Lipinski definition) is 4. The Morgan fingerprint density at radius 2 is 2.10 bits per heavy atom. The molecule has 1 aromatic rings. The number of ether oxygens (including phenoxy) is 2. The molecule has 1 aromatic carbocycles. The van der Waals surface area contributed by atoms with Crippen molar-refractivity contribution in [3.8, 4) is 0 Å². The minimum atomic E-state index is -0.111. The minimum absolute atomic E-state index is 0.111. The smallest absolute Gasteiger partial charge is 0.226 e. The van der Waals surface area contributed by atoms with Crippen LogP contribution in [0.15, 0.2) is 24.3 Å². The summed E-state index contributed by atoms with van der Waals surface area (Å²) >= 11 is 4.90. The lowest BCUT2D eigenvalue weighted by Crippen LogP contribution is -2.16. The van der Waals surface area contributed by atoms with E-state index in [4.69, 9.17) is 27.4 Å². The number of benzene rings is 1. The van der Waals surface area contributed by atoms with Gasteiger partial charge in [-0.1, -0.05) is 24.4 Å². The van der Waals surface area contributed by atoms with Crippen molar-refractivity contribution in [2.75, 3.05) is 25.1 Å². The fraction of sp³-hybridized carbons (Fsp3) is 0.467. The van der Waals surface area contributed by atoms with Crippen LogP contribution >= 0.6 is 12.2 Å². The SMILES string of the molecule is CC(C)OCCOCCC(=O)Nc1cccc(C(N)=S)c1. The Balaban J connectivity index is 2.24. The molecule has 0 aliphatic carbocycles. The van der Waals surface area contributed by atoms with Gasteiger partial charge in [-0.05, 0) is 26.0 Å². The third-order valence-corrected chi connectivity index (χ3v) is 2.82. The maximum absolute atomic E-state index is 11.7. The van der Waals surface area contributed by atoms with Crippen molar-refractivity contribution in [2.45, 2.75) is 26.4 Å². The maximum Gasteiger partial charge on any atom is 0.226 e. The zero-order valence-electron chi connectivity index (χ0n) is 12.4. The van der Waals surface area contributed by atoms with Crippen molar-refractivity contribution in [3.63, 3.8) is 0 Å². The topological polar surface area (TPSA) is 73.6 Å². The number of nitrogens with two attached hydrogens (primary N) is 1. The Kier molecular flexibility index (Phi) is 7.89. The van der Waals surface area contributed by atoms with Gasteiger partial charge in [-0.2, -0.15) is 0 Å². The van der Waals surface area contributed by atoms with E-state index < -0.39 is 0 Å². The van der Waals surface area contributed by atoms with Crippen LogP contribution in [0.25, 0.3) is 0 Å². The first-order valence-corrected chi connectivity index (χ1v) is 7.29. The van der Waals surface area contributed by atoms with Crippen LogP contribution in [-0.2, 0) is 14.3 Å². The summed E-state index contributed by atoms with van der Waals surface area (Å²) in [6, 6.07) is 7.13. The monoisotopic (exact) mass is 310 g/mol. The summed E-state index contributed by atoms with van der Waals surface area (Å²) in [5, 5.41) is 2.78. The average molecular weight is 310 g/mol. The van der Waals surface area contributed by atoms with Crippen LogP contribution in [-0.4, -0.2) is 36.8 Å². The number of hydrogen-bond donors (Lipinski definition) is 2. The molecule has 0 aliphatic heterocycles. The van der Waals surface area contributed by atoms with Crippen LogP contribution in [0.1, 0.15) is 25.8 Å². The van der Waals surface area contributed by atoms with Crippen LogP contribution < -0.4 is 11.1 Å². The van der Waals surface area contributed by atoms with Gasteiger partial charge < -0.3 is 20.5 Å². The molecule has 0 heterocycles. The third kappa shape index (κ3) is 7.75. The summed E-state index contributed by atoms with van der Waals surface area (Å²) in [5.41, 5.74) is 6.95. The first-order chi connectivity index (χ1) is 9.99. The van der Waals surface area contributed by atoms with Crippen LogP contribution in [0, 0.1) is 0 Å². The predicted octanol–water partition coefficient (Wildman–Crippen LogP) is 2.09. The zero-order chi connectivity index (χ0) is 15.7. The highest BCUT2D eigenvalue weighted by atomic mass is 32.1. The van der Waals surface area contributed by atoms with Crippen LogP contribution in [0.5, 0.6) is 0 Å². The number of rotatable bonds is 9. The molecule has 0 bridgehead atoms. The second-order valence-electron chi connectivity index (χ2n) is 4.78. The molecular formula is C15H22N2O3S. The largest absolute Gasteiger partial charge is 0.389 e. The van der Waals surface area contributed by atoms with Gasteiger partial charge >= 0.3 is 0 Å². The van der Waals surface area contributed by atoms with Gasteiger partial charge in [0.2, 0.25) is 5.91 Å². The van der Waals surface area contributed by atoms with Crippen LogP contribution in [0.3, 0.4) is 0 Å². The summed E-state index contributed by atoms with van der Waals surface area (Å²) in [6.07, 6.45) is 0.483. The molecule has 0 aliphatic rings. The molecule has 3 N–H and O–H groups in total. The zero-order valence-corrected chi connectivity index (χ0v) is 13.2. The summed E-state index contributed by atoms with van der Waals surface area (Å²) in [4.78, 5) is 12.1. The lowest BCUT2D eigenvalue weighted by Gasteiger charge is -2.09. The van der Waals surface area contributed by atoms with Gasteiger partial charge in [0, 0.05) is 11.3 Å². The van der Waals surface area contributed by atoms with E-state index in [2.05, 4.69) is 5.32 Å². The molecule has 0 unspecified atom stereocenters. The van der Waals surface area contributed by atoms with Crippen molar-refractivity contribution >= 4 is 28.8 Å². The lowest BCUT2D eigenvalue weighted by atomic mass is 10.2. The van der Waals surface area contributed by atoms with E-state index in [-0.39, 0.29) is 12.0 Å². The minimum Gasteiger partial charge on any atom is -0.389 e. The number of thiocarbonyl (C=S) groups is 1. The lowest BCUT2D eigenvalue weighted by molar-refractivity contribution is -0.117. The molecule has 0 saturated heterocycles. The number of carbonyl (C=O) groups is 1. The molecular weight excluding hydrogens is 288 g/mol. The van der Waals surface area contributed by atoms with Crippen molar-refractivity contribution < 1.29 is 14.3 Å². The summed E-state index contributed by atoms with van der Waals surface area (Å²) < 4.78 is 10.7. The molecule has 0 saturated carbocycles. The highest BCUT2D eigenvalue weighted by molar-refractivity contribution is 7.80. The second kappa shape index (κ2) is 9.44. The molecule has 0 fully saturated rings. The summed E-state index contributed by atoms with van der Waals surface area (Å²) in [6.45, 7) is 5.32. The predicted molar refractivity (Wildman–Crippen MR) is 87.5 cm³/mol. The molecule has 0 aromatic heterocycles. The Morgan fingerprint density at radius 3 is 2.76 bits per heavy atom. The summed E-state index contributed by atoms with van der Waals surface area (Å²) in [7, 11) is 0. The Bertz CT molecular complexity index is 478. The average Bonchev–Trinajstić information content (AvgIpc) is 2.42. The molecule has 1 rings (SSSR count). The van der Waals surface area contributed by atoms with E-state index in [0.29, 0.717) is 36.9 Å². The fourth-order valence-corrected chi connectivity index (χ4v) is 1.71. The van der Waals surface area contributed by atoms with Gasteiger partial charge in [-0.3, -0.25) is 4.79 Å². The van der Waals surface area contributed by atoms with Gasteiger partial charge in [0.15, 0.2) is 0 Å². The Labute approximate surface area is 130 Å². The normalized spacial score (nSPS) is 10.6. The molecule has 0 atom stereocenters. The Morgan fingerprint density at radius 1 is 1.33 bits per heavy atom. The van der Waals surface area contributed by atoms with Crippen molar-refractivity contribution in [1.29, 1.82) is 0 Å². The van der Waals surface area contributed by atoms with E-state index >= 15 is 0 Å². The standard InChI is InChI=1S/C15H22N2O3S/c1-11(2)20-9-8-19-7-6-14(18)17-13-5-3-4-12(10-13)15(16)21/h3-5,10-11H,6-9H2,1-2H3,(H2,16,21)(H,17,18). The molecule has 116 valence electrons. The maximum atomic E-state index is 11.7. The number of carbonyl (C=O) groups excluding carboxylic acids is 1. The highest BCUT2D eigenvalue weighted by Crippen LogP contribution is 2.10. The fourth-order valence-electron chi connectivity index (χ4n) is 1.58. The quantitative estimate of drug-likeness (QED) is 0.540. The number of anilines is 1. The van der Waals surface area contributed by atoms with E-state index in [1.807, 2.05) is 13.8 Å². The van der Waals surface area contributed by atoms with E-state index in [9.17, 15) is 4.79 Å². The molecule has 21 heavy (non-hydrogen) atoms. The molecule has 1 amide bonds. The highest BCUT2D eigenvalue weighted by Gasteiger charge is 2.04. The molecule has 0 radical (unpaired) electrons. The van der Waals surface area contributed by atoms with E-state index in [1.165, 1.54) is 0 Å². The number of amides is 1. The second-order valence-corrected chi connectivity index (χ2v) is 5.21. The van der Waals surface area contributed by atoms with Gasteiger partial charge in [0.25, 0.3) is 0 Å². The van der Waals surface area contributed by atoms with Gasteiger partial charge in [0.1, 0.15) is 4.99 Å². The first kappa shape index (κ1) is 17.6. The van der Waals surface area contributed by atoms with Crippen LogP contribution in [0.2, 0.25) is 0 Å². The van der Waals surface area contributed by atoms with Gasteiger partial charge in [0.05, 0.1) is 32.3 Å². The van der Waals surface area contributed by atoms with Gasteiger partial charge in [-0.25, -0.2) is 0 Å². The van der Waals surface area contributed by atoms with E-state index in [1.54, 1.807) is 24.3 Å². The first-order valence-electron chi connectivity index (χ1n) is 6.88. The van der Waals surface area contributed by atoms with Gasteiger partial charge in [-0.15, -0.1) is 0 Å². The Hall–Kier alpha value is -1.50. The molecule has 5 nitrogen and oxygen atoms in total. The molecule has 0 spiro atoms. The number of nitrogens with one attached hydrogen (secondary N) is 1. The van der Waals surface area contributed by atoms with Crippen molar-refractivity contribution in [3.05, 3.63) is 29.8 Å². The van der Waals surface area contributed by atoms with Crippen molar-refractivity contribution in [2.24, 2.45) is 5.73 Å². The molecule has 6 heteroatoms. The van der Waals surface area contributed by atoms with Crippen LogP contribution in [0.4, 0.5) is 5.69 Å². The van der Waals surface area contributed by atoms with Crippen molar-refractivity contribution in [1.82, 2.24) is 0 Å².